The molecule has 0 aliphatic carbocycles. The number of benzene rings is 1. The van der Waals surface area contributed by atoms with E-state index in [-0.39, 0.29) is 12.1 Å². The molecular weight excluding hydrogens is 263 g/mol. The van der Waals surface area contributed by atoms with Crippen LogP contribution in [0.25, 0.3) is 6.08 Å². The molecule has 3 N–H and O–H groups in total. The van der Waals surface area contributed by atoms with E-state index in [1.54, 1.807) is 0 Å². The number of carbonyl (C=O) groups is 1. The van der Waals surface area contributed by atoms with Gasteiger partial charge >= 0.3 is 6.18 Å². The van der Waals surface area contributed by atoms with Crippen molar-refractivity contribution in [1.29, 1.82) is 0 Å². The molecule has 0 spiro atoms. The standard InChI is InChI=1S/C12H12F3NO3/c13-12(14,15)9-3-1-2-8(6-9)4-5-10(17)16-7-11(18)19/h1-6,11,18-19H,7H2,(H,16,17)/b5-4+. The summed E-state index contributed by atoms with van der Waals surface area (Å²) in [7, 11) is 0. The van der Waals surface area contributed by atoms with E-state index in [4.69, 9.17) is 10.2 Å². The van der Waals surface area contributed by atoms with Crippen LogP contribution in [0.4, 0.5) is 13.2 Å². The Bertz CT molecular complexity index is 470. The number of halogens is 3. The van der Waals surface area contributed by atoms with Crippen LogP contribution in [0.5, 0.6) is 0 Å². The van der Waals surface area contributed by atoms with Gasteiger partial charge in [-0.1, -0.05) is 12.1 Å². The van der Waals surface area contributed by atoms with Gasteiger partial charge in [0.25, 0.3) is 0 Å². The van der Waals surface area contributed by atoms with Gasteiger partial charge in [-0.25, -0.2) is 0 Å². The van der Waals surface area contributed by atoms with Gasteiger partial charge in [-0.2, -0.15) is 13.2 Å². The van der Waals surface area contributed by atoms with E-state index in [0.29, 0.717) is 0 Å². The maximum absolute atomic E-state index is 12.4. The van der Waals surface area contributed by atoms with Gasteiger partial charge in [-0.05, 0) is 23.8 Å². The van der Waals surface area contributed by atoms with Crippen molar-refractivity contribution in [3.8, 4) is 0 Å². The number of amides is 1. The highest BCUT2D eigenvalue weighted by Gasteiger charge is 2.30. The summed E-state index contributed by atoms with van der Waals surface area (Å²) in [6.45, 7) is -0.355. The van der Waals surface area contributed by atoms with Crippen LogP contribution in [0, 0.1) is 0 Å². The molecule has 0 aromatic heterocycles. The van der Waals surface area contributed by atoms with E-state index in [2.05, 4.69) is 5.32 Å². The van der Waals surface area contributed by atoms with Gasteiger partial charge in [0, 0.05) is 6.08 Å². The molecule has 19 heavy (non-hydrogen) atoms. The van der Waals surface area contributed by atoms with Crippen molar-refractivity contribution in [1.82, 2.24) is 5.32 Å². The van der Waals surface area contributed by atoms with Crippen LogP contribution in [0.1, 0.15) is 11.1 Å². The SMILES string of the molecule is O=C(/C=C/c1cccc(C(F)(F)F)c1)NCC(O)O. The minimum absolute atomic E-state index is 0.217. The van der Waals surface area contributed by atoms with Gasteiger partial charge in [-0.3, -0.25) is 4.79 Å². The second kappa shape index (κ2) is 6.35. The summed E-state index contributed by atoms with van der Waals surface area (Å²) < 4.78 is 37.3. The van der Waals surface area contributed by atoms with Crippen LogP contribution in [-0.2, 0) is 11.0 Å². The minimum Gasteiger partial charge on any atom is -0.367 e. The summed E-state index contributed by atoms with van der Waals surface area (Å²) in [4.78, 5) is 11.2. The van der Waals surface area contributed by atoms with Gasteiger partial charge in [0.05, 0.1) is 12.1 Å². The number of carbonyl (C=O) groups excluding carboxylic acids is 1. The van der Waals surface area contributed by atoms with E-state index in [1.165, 1.54) is 18.2 Å². The van der Waals surface area contributed by atoms with E-state index in [1.807, 2.05) is 0 Å². The first kappa shape index (κ1) is 15.2. The molecule has 0 aliphatic heterocycles. The highest BCUT2D eigenvalue weighted by Crippen LogP contribution is 2.29. The predicted octanol–water partition coefficient (Wildman–Crippen LogP) is 1.15. The molecule has 0 radical (unpaired) electrons. The Kier molecular flexibility index (Phi) is 5.08. The largest absolute Gasteiger partial charge is 0.416 e. The first-order valence-electron chi connectivity index (χ1n) is 5.28. The highest BCUT2D eigenvalue weighted by molar-refractivity contribution is 5.91. The van der Waals surface area contributed by atoms with Crippen molar-refractivity contribution >= 4 is 12.0 Å². The van der Waals surface area contributed by atoms with E-state index in [0.717, 1.165) is 18.2 Å². The molecule has 0 atom stereocenters. The van der Waals surface area contributed by atoms with Crippen LogP contribution in [0.15, 0.2) is 30.3 Å². The summed E-state index contributed by atoms with van der Waals surface area (Å²) in [6.07, 6.45) is -3.90. The van der Waals surface area contributed by atoms with Crippen LogP contribution in [0.2, 0.25) is 0 Å². The Hall–Kier alpha value is -1.86. The Labute approximate surface area is 107 Å². The Morgan fingerprint density at radius 2 is 2.05 bits per heavy atom. The molecule has 0 aliphatic rings. The van der Waals surface area contributed by atoms with Gasteiger partial charge < -0.3 is 15.5 Å². The van der Waals surface area contributed by atoms with Crippen molar-refractivity contribution in [2.24, 2.45) is 0 Å². The molecule has 104 valence electrons. The molecule has 1 amide bonds. The van der Waals surface area contributed by atoms with E-state index >= 15 is 0 Å². The number of rotatable bonds is 4. The molecule has 0 unspecified atom stereocenters. The number of aliphatic hydroxyl groups is 2. The monoisotopic (exact) mass is 275 g/mol. The molecule has 1 aromatic rings. The lowest BCUT2D eigenvalue weighted by molar-refractivity contribution is -0.137. The molecule has 0 fully saturated rings. The fraction of sp³-hybridized carbons (Fsp3) is 0.250. The van der Waals surface area contributed by atoms with Crippen molar-refractivity contribution in [2.75, 3.05) is 6.54 Å². The molecule has 1 aromatic carbocycles. The van der Waals surface area contributed by atoms with Crippen LogP contribution < -0.4 is 5.32 Å². The van der Waals surface area contributed by atoms with Crippen molar-refractivity contribution in [3.05, 3.63) is 41.5 Å². The molecule has 0 bridgehead atoms. The topological polar surface area (TPSA) is 69.6 Å². The van der Waals surface area contributed by atoms with Crippen molar-refractivity contribution < 1.29 is 28.2 Å². The average molecular weight is 275 g/mol. The second-order valence-corrected chi connectivity index (χ2v) is 3.68. The molecule has 0 saturated carbocycles. The van der Waals surface area contributed by atoms with Crippen LogP contribution in [0.3, 0.4) is 0 Å². The molecule has 0 saturated heterocycles. The summed E-state index contributed by atoms with van der Waals surface area (Å²) in [5.41, 5.74) is -0.588. The zero-order valence-corrected chi connectivity index (χ0v) is 9.69. The van der Waals surface area contributed by atoms with Gasteiger partial charge in [0.1, 0.15) is 0 Å². The summed E-state index contributed by atoms with van der Waals surface area (Å²) in [5, 5.41) is 19.2. The predicted molar refractivity (Wildman–Crippen MR) is 61.7 cm³/mol. The highest BCUT2D eigenvalue weighted by atomic mass is 19.4. The number of hydrogen-bond acceptors (Lipinski definition) is 3. The molecular formula is C12H12F3NO3. The van der Waals surface area contributed by atoms with Crippen molar-refractivity contribution in [3.63, 3.8) is 0 Å². The number of alkyl halides is 3. The lowest BCUT2D eigenvalue weighted by atomic mass is 10.1. The van der Waals surface area contributed by atoms with Gasteiger partial charge in [-0.15, -0.1) is 0 Å². The number of hydrogen-bond donors (Lipinski definition) is 3. The molecule has 0 heterocycles. The quantitative estimate of drug-likeness (QED) is 0.570. The fourth-order valence-corrected chi connectivity index (χ4v) is 1.24. The zero-order chi connectivity index (χ0) is 14.5. The third kappa shape index (κ3) is 5.54. The number of nitrogens with one attached hydrogen (secondary N) is 1. The Morgan fingerprint density at radius 3 is 2.63 bits per heavy atom. The summed E-state index contributed by atoms with van der Waals surface area (Å²) in [6, 6.07) is 4.49. The lowest BCUT2D eigenvalue weighted by Gasteiger charge is -2.06. The maximum atomic E-state index is 12.4. The van der Waals surface area contributed by atoms with E-state index in [9.17, 15) is 18.0 Å². The van der Waals surface area contributed by atoms with Gasteiger partial charge in [0.2, 0.25) is 5.91 Å². The smallest absolute Gasteiger partial charge is 0.367 e. The molecule has 1 rings (SSSR count). The Morgan fingerprint density at radius 1 is 1.37 bits per heavy atom. The second-order valence-electron chi connectivity index (χ2n) is 3.68. The molecule has 7 heteroatoms. The number of aliphatic hydroxyl groups excluding tert-OH is 1. The lowest BCUT2D eigenvalue weighted by Crippen LogP contribution is -2.30. The third-order valence-corrected chi connectivity index (χ3v) is 2.10. The fourth-order valence-electron chi connectivity index (χ4n) is 1.24. The van der Waals surface area contributed by atoms with Gasteiger partial charge in [0.15, 0.2) is 6.29 Å². The first-order chi connectivity index (χ1) is 8.79. The maximum Gasteiger partial charge on any atom is 0.416 e. The third-order valence-electron chi connectivity index (χ3n) is 2.10. The zero-order valence-electron chi connectivity index (χ0n) is 9.69. The average Bonchev–Trinajstić information content (AvgIpc) is 2.33. The normalized spacial score (nSPS) is 12.1. The summed E-state index contributed by atoms with van der Waals surface area (Å²) in [5.74, 6) is -0.634. The minimum atomic E-state index is -4.44. The van der Waals surface area contributed by atoms with Crippen LogP contribution >= 0.6 is 0 Å². The van der Waals surface area contributed by atoms with Crippen molar-refractivity contribution in [2.45, 2.75) is 12.5 Å². The van der Waals surface area contributed by atoms with Crippen LogP contribution in [-0.4, -0.2) is 29.0 Å². The molecule has 4 nitrogen and oxygen atoms in total. The first-order valence-corrected chi connectivity index (χ1v) is 5.28. The van der Waals surface area contributed by atoms with E-state index < -0.39 is 23.9 Å². The Balaban J connectivity index is 2.69. The summed E-state index contributed by atoms with van der Waals surface area (Å²) >= 11 is 0.